The van der Waals surface area contributed by atoms with Gasteiger partial charge in [-0.1, -0.05) is 0 Å². The zero-order valence-corrected chi connectivity index (χ0v) is 14.2. The zero-order chi connectivity index (χ0) is 16.1. The number of likely N-dealkylation sites (N-methyl/N-ethyl adjacent to an activating group) is 1. The van der Waals surface area contributed by atoms with E-state index >= 15 is 0 Å². The highest BCUT2D eigenvalue weighted by Crippen LogP contribution is 2.30. The molecule has 1 fully saturated rings. The topological polar surface area (TPSA) is 51.0 Å². The molecular weight excluding hydrogens is 278 g/mol. The van der Waals surface area contributed by atoms with Gasteiger partial charge in [-0.25, -0.2) is 0 Å². The van der Waals surface area contributed by atoms with Crippen LogP contribution in [0.25, 0.3) is 0 Å². The van der Waals surface area contributed by atoms with Crippen molar-refractivity contribution in [2.75, 3.05) is 51.0 Å². The Labute approximate surface area is 134 Å². The molecule has 0 aromatic heterocycles. The van der Waals surface area contributed by atoms with Gasteiger partial charge in [0.15, 0.2) is 0 Å². The molecule has 1 saturated heterocycles. The van der Waals surface area contributed by atoms with Crippen LogP contribution in [0.3, 0.4) is 0 Å². The van der Waals surface area contributed by atoms with Crippen LogP contribution in [0.1, 0.15) is 20.3 Å². The fourth-order valence-electron chi connectivity index (χ4n) is 2.82. The van der Waals surface area contributed by atoms with Crippen molar-refractivity contribution in [3.05, 3.63) is 18.2 Å². The number of benzene rings is 1. The molecule has 5 heteroatoms. The maximum Gasteiger partial charge on any atom is 0.144 e. The molecule has 124 valence electrons. The van der Waals surface area contributed by atoms with Crippen molar-refractivity contribution in [2.24, 2.45) is 0 Å². The molecule has 0 unspecified atom stereocenters. The summed E-state index contributed by atoms with van der Waals surface area (Å²) in [5.41, 5.74) is 7.89. The average molecular weight is 307 g/mol. The summed E-state index contributed by atoms with van der Waals surface area (Å²) in [5.74, 6) is 0.778. The smallest absolute Gasteiger partial charge is 0.144 e. The molecular formula is C17H29N3O2. The van der Waals surface area contributed by atoms with Crippen LogP contribution in [-0.4, -0.2) is 57.4 Å². The lowest BCUT2D eigenvalue weighted by Crippen LogP contribution is -2.51. The molecule has 0 saturated carbocycles. The summed E-state index contributed by atoms with van der Waals surface area (Å²) in [4.78, 5) is 4.82. The summed E-state index contributed by atoms with van der Waals surface area (Å²) in [5, 5.41) is 0. The van der Waals surface area contributed by atoms with Gasteiger partial charge in [-0.2, -0.15) is 0 Å². The van der Waals surface area contributed by atoms with Gasteiger partial charge in [0.2, 0.25) is 0 Å². The fraction of sp³-hybridized carbons (Fsp3) is 0.647. The van der Waals surface area contributed by atoms with E-state index in [1.807, 2.05) is 19.9 Å². The normalized spacial score (nSPS) is 19.7. The number of rotatable bonds is 6. The van der Waals surface area contributed by atoms with E-state index in [1.165, 1.54) is 5.69 Å². The monoisotopic (exact) mass is 307 g/mol. The van der Waals surface area contributed by atoms with E-state index in [4.69, 9.17) is 15.2 Å². The predicted molar refractivity (Wildman–Crippen MR) is 91.7 cm³/mol. The van der Waals surface area contributed by atoms with E-state index in [-0.39, 0.29) is 6.10 Å². The van der Waals surface area contributed by atoms with Gasteiger partial charge in [0.25, 0.3) is 0 Å². The van der Waals surface area contributed by atoms with Crippen molar-refractivity contribution < 1.29 is 9.47 Å². The Bertz CT molecular complexity index is 479. The number of ether oxygens (including phenoxy) is 2. The van der Waals surface area contributed by atoms with Crippen LogP contribution < -0.4 is 15.4 Å². The standard InChI is InChI=1S/C17H29N3O2/c1-13(2)22-17-11-14(5-6-16(17)18)20-9-8-19(3)15(12-20)7-10-21-4/h5-6,11,13,15H,7-10,12,18H2,1-4H3/t15-/m1/s1. The number of methoxy groups -OCH3 is 1. The minimum atomic E-state index is 0.125. The molecule has 1 aliphatic rings. The van der Waals surface area contributed by atoms with Crippen molar-refractivity contribution in [3.8, 4) is 5.75 Å². The molecule has 1 heterocycles. The summed E-state index contributed by atoms with van der Waals surface area (Å²) < 4.78 is 11.0. The lowest BCUT2D eigenvalue weighted by atomic mass is 10.1. The van der Waals surface area contributed by atoms with Gasteiger partial charge in [0.1, 0.15) is 5.75 Å². The maximum absolute atomic E-state index is 6.01. The molecule has 1 aromatic carbocycles. The van der Waals surface area contributed by atoms with Crippen molar-refractivity contribution in [3.63, 3.8) is 0 Å². The van der Waals surface area contributed by atoms with E-state index < -0.39 is 0 Å². The van der Waals surface area contributed by atoms with Crippen LogP contribution in [-0.2, 0) is 4.74 Å². The Kier molecular flexibility index (Phi) is 5.91. The fourth-order valence-corrected chi connectivity index (χ4v) is 2.82. The third-order valence-corrected chi connectivity index (χ3v) is 4.16. The second-order valence-corrected chi connectivity index (χ2v) is 6.25. The average Bonchev–Trinajstić information content (AvgIpc) is 2.48. The summed E-state index contributed by atoms with van der Waals surface area (Å²) in [7, 11) is 3.95. The Morgan fingerprint density at radius 3 is 2.77 bits per heavy atom. The second-order valence-electron chi connectivity index (χ2n) is 6.25. The maximum atomic E-state index is 6.01. The van der Waals surface area contributed by atoms with Crippen LogP contribution in [0, 0.1) is 0 Å². The first-order valence-corrected chi connectivity index (χ1v) is 8.01. The predicted octanol–water partition coefficient (Wildman–Crippen LogP) is 2.21. The summed E-state index contributed by atoms with van der Waals surface area (Å²) in [6.07, 6.45) is 1.17. The van der Waals surface area contributed by atoms with Crippen LogP contribution in [0.2, 0.25) is 0 Å². The van der Waals surface area contributed by atoms with E-state index in [2.05, 4.69) is 29.0 Å². The number of nitrogen functional groups attached to an aromatic ring is 1. The first-order chi connectivity index (χ1) is 10.5. The van der Waals surface area contributed by atoms with Crippen molar-refractivity contribution in [1.29, 1.82) is 0 Å². The van der Waals surface area contributed by atoms with Gasteiger partial charge in [0.05, 0.1) is 11.8 Å². The highest BCUT2D eigenvalue weighted by Gasteiger charge is 2.24. The van der Waals surface area contributed by atoms with Crippen LogP contribution in [0.15, 0.2) is 18.2 Å². The van der Waals surface area contributed by atoms with E-state index in [0.717, 1.165) is 38.4 Å². The van der Waals surface area contributed by atoms with Crippen molar-refractivity contribution in [1.82, 2.24) is 4.90 Å². The van der Waals surface area contributed by atoms with Gasteiger partial charge >= 0.3 is 0 Å². The number of anilines is 2. The highest BCUT2D eigenvalue weighted by molar-refractivity contribution is 5.62. The SMILES string of the molecule is COCC[C@@H]1CN(c2ccc(N)c(OC(C)C)c2)CCN1C. The minimum Gasteiger partial charge on any atom is -0.489 e. The van der Waals surface area contributed by atoms with Gasteiger partial charge in [-0.3, -0.25) is 4.90 Å². The molecule has 1 aliphatic heterocycles. The number of hydrogen-bond donors (Lipinski definition) is 1. The van der Waals surface area contributed by atoms with Crippen LogP contribution in [0.5, 0.6) is 5.75 Å². The summed E-state index contributed by atoms with van der Waals surface area (Å²) >= 11 is 0. The molecule has 0 spiro atoms. The molecule has 2 rings (SSSR count). The largest absolute Gasteiger partial charge is 0.489 e. The first kappa shape index (κ1) is 16.9. The van der Waals surface area contributed by atoms with Gasteiger partial charge < -0.3 is 20.1 Å². The van der Waals surface area contributed by atoms with Gasteiger partial charge in [-0.15, -0.1) is 0 Å². The lowest BCUT2D eigenvalue weighted by molar-refractivity contribution is 0.138. The van der Waals surface area contributed by atoms with Crippen LogP contribution >= 0.6 is 0 Å². The molecule has 5 nitrogen and oxygen atoms in total. The zero-order valence-electron chi connectivity index (χ0n) is 14.2. The Morgan fingerprint density at radius 1 is 1.32 bits per heavy atom. The first-order valence-electron chi connectivity index (χ1n) is 8.01. The molecule has 2 N–H and O–H groups in total. The molecule has 0 aliphatic carbocycles. The third-order valence-electron chi connectivity index (χ3n) is 4.16. The highest BCUT2D eigenvalue weighted by atomic mass is 16.5. The Hall–Kier alpha value is -1.46. The molecule has 1 atom stereocenters. The number of piperazine rings is 1. The number of hydrogen-bond acceptors (Lipinski definition) is 5. The molecule has 0 bridgehead atoms. The summed E-state index contributed by atoms with van der Waals surface area (Å²) in [6, 6.07) is 6.60. The lowest BCUT2D eigenvalue weighted by Gasteiger charge is -2.40. The second kappa shape index (κ2) is 7.70. The van der Waals surface area contributed by atoms with E-state index in [0.29, 0.717) is 11.7 Å². The van der Waals surface area contributed by atoms with Gasteiger partial charge in [-0.05, 0) is 39.4 Å². The minimum absolute atomic E-state index is 0.125. The quantitative estimate of drug-likeness (QED) is 0.817. The van der Waals surface area contributed by atoms with E-state index in [1.54, 1.807) is 7.11 Å². The molecule has 0 amide bonds. The van der Waals surface area contributed by atoms with Crippen molar-refractivity contribution in [2.45, 2.75) is 32.4 Å². The Morgan fingerprint density at radius 2 is 2.09 bits per heavy atom. The molecule has 22 heavy (non-hydrogen) atoms. The van der Waals surface area contributed by atoms with Crippen LogP contribution in [0.4, 0.5) is 11.4 Å². The van der Waals surface area contributed by atoms with Crippen molar-refractivity contribution >= 4 is 11.4 Å². The third kappa shape index (κ3) is 4.27. The summed E-state index contributed by atoms with van der Waals surface area (Å²) in [6.45, 7) is 7.91. The van der Waals surface area contributed by atoms with Gasteiger partial charge in [0, 0.05) is 51.1 Å². The molecule has 1 aromatic rings. The number of nitrogens with zero attached hydrogens (tertiary/aromatic N) is 2. The number of nitrogens with two attached hydrogens (primary N) is 1. The Balaban J connectivity index is 2.10. The molecule has 0 radical (unpaired) electrons. The van der Waals surface area contributed by atoms with E-state index in [9.17, 15) is 0 Å².